The average molecular weight is 190 g/mol. The summed E-state index contributed by atoms with van der Waals surface area (Å²) in [6.07, 6.45) is 0.790. The molecule has 0 amide bonds. The molecule has 4 heteroatoms. The van der Waals surface area contributed by atoms with Crippen LogP contribution in [0, 0.1) is 0 Å². The maximum atomic E-state index is 8.17. The van der Waals surface area contributed by atoms with E-state index in [0.29, 0.717) is 6.54 Å². The number of azide groups is 1. The van der Waals surface area contributed by atoms with Gasteiger partial charge in [0.15, 0.2) is 0 Å². The van der Waals surface area contributed by atoms with Crippen LogP contribution < -0.4 is 4.90 Å². The molecule has 0 N–H and O–H groups in total. The zero-order valence-corrected chi connectivity index (χ0v) is 8.51. The van der Waals surface area contributed by atoms with E-state index in [1.54, 1.807) is 0 Å². The molecule has 14 heavy (non-hydrogen) atoms. The summed E-state index contributed by atoms with van der Waals surface area (Å²) in [4.78, 5) is 4.80. The van der Waals surface area contributed by atoms with Crippen LogP contribution in [0.5, 0.6) is 0 Å². The van der Waals surface area contributed by atoms with Gasteiger partial charge in [0, 0.05) is 31.2 Å². The van der Waals surface area contributed by atoms with Gasteiger partial charge in [0.25, 0.3) is 0 Å². The highest BCUT2D eigenvalue weighted by atomic mass is 15.1. The van der Waals surface area contributed by atoms with E-state index in [4.69, 9.17) is 5.53 Å². The van der Waals surface area contributed by atoms with Gasteiger partial charge >= 0.3 is 0 Å². The van der Waals surface area contributed by atoms with Crippen molar-refractivity contribution in [3.05, 3.63) is 40.3 Å². The molecule has 1 aromatic rings. The van der Waals surface area contributed by atoms with E-state index >= 15 is 0 Å². The Bertz CT molecular complexity index is 340. The fraction of sp³-hybridized carbons (Fsp3) is 0.400. The van der Waals surface area contributed by atoms with Gasteiger partial charge in [-0.05, 0) is 23.6 Å². The molecule has 0 aromatic heterocycles. The van der Waals surface area contributed by atoms with Gasteiger partial charge in [-0.3, -0.25) is 0 Å². The van der Waals surface area contributed by atoms with Crippen LogP contribution in [-0.4, -0.2) is 20.6 Å². The first kappa shape index (κ1) is 10.4. The first-order valence-corrected chi connectivity index (χ1v) is 4.52. The van der Waals surface area contributed by atoms with Gasteiger partial charge in [0.2, 0.25) is 0 Å². The lowest BCUT2D eigenvalue weighted by Crippen LogP contribution is -2.11. The molecule has 74 valence electrons. The smallest absolute Gasteiger partial charge is 0.0393 e. The van der Waals surface area contributed by atoms with E-state index < -0.39 is 0 Å². The Hall–Kier alpha value is -1.67. The summed E-state index contributed by atoms with van der Waals surface area (Å²) < 4.78 is 0. The topological polar surface area (TPSA) is 52.0 Å². The number of hydrogen-bond acceptors (Lipinski definition) is 2. The van der Waals surface area contributed by atoms with E-state index in [0.717, 1.165) is 6.42 Å². The average Bonchev–Trinajstić information content (AvgIpc) is 2.19. The third kappa shape index (κ3) is 2.68. The summed E-state index contributed by atoms with van der Waals surface area (Å²) in [6, 6.07) is 8.12. The zero-order chi connectivity index (χ0) is 10.4. The number of rotatable bonds is 4. The molecular weight excluding hydrogens is 176 g/mol. The summed E-state index contributed by atoms with van der Waals surface area (Å²) in [6.45, 7) is 0.515. The lowest BCUT2D eigenvalue weighted by Gasteiger charge is -2.16. The third-order valence-corrected chi connectivity index (χ3v) is 2.02. The molecule has 0 fully saturated rings. The molecule has 4 nitrogen and oxygen atoms in total. The predicted molar refractivity (Wildman–Crippen MR) is 58.5 cm³/mol. The Morgan fingerprint density at radius 3 is 2.71 bits per heavy atom. The van der Waals surface area contributed by atoms with Crippen molar-refractivity contribution < 1.29 is 0 Å². The molecule has 0 aliphatic heterocycles. The van der Waals surface area contributed by atoms with E-state index in [2.05, 4.69) is 27.1 Å². The van der Waals surface area contributed by atoms with Gasteiger partial charge in [-0.25, -0.2) is 0 Å². The molecule has 0 unspecified atom stereocenters. The van der Waals surface area contributed by atoms with Gasteiger partial charge in [-0.1, -0.05) is 23.3 Å². The highest BCUT2D eigenvalue weighted by Crippen LogP contribution is 2.18. The zero-order valence-electron chi connectivity index (χ0n) is 8.51. The number of anilines is 1. The Morgan fingerprint density at radius 1 is 1.36 bits per heavy atom. The van der Waals surface area contributed by atoms with Crippen molar-refractivity contribution in [2.45, 2.75) is 6.42 Å². The minimum Gasteiger partial charge on any atom is -0.377 e. The van der Waals surface area contributed by atoms with Crippen LogP contribution in [0.1, 0.15) is 5.56 Å². The number of hydrogen-bond donors (Lipinski definition) is 0. The van der Waals surface area contributed by atoms with Crippen LogP contribution in [0.15, 0.2) is 29.4 Å². The monoisotopic (exact) mass is 190 g/mol. The predicted octanol–water partition coefficient (Wildman–Crippen LogP) is 2.61. The maximum absolute atomic E-state index is 8.17. The molecule has 0 radical (unpaired) electrons. The molecule has 0 heterocycles. The van der Waals surface area contributed by atoms with Crippen LogP contribution in [0.25, 0.3) is 10.4 Å². The summed E-state index contributed by atoms with van der Waals surface area (Å²) in [5, 5.41) is 3.53. The molecule has 1 aromatic carbocycles. The molecule has 0 bridgehead atoms. The van der Waals surface area contributed by atoms with Crippen LogP contribution in [-0.2, 0) is 6.42 Å². The maximum Gasteiger partial charge on any atom is 0.0393 e. The summed E-state index contributed by atoms with van der Waals surface area (Å²) in [5.74, 6) is 0. The molecule has 0 atom stereocenters. The van der Waals surface area contributed by atoms with E-state index in [-0.39, 0.29) is 0 Å². The summed E-state index contributed by atoms with van der Waals surface area (Å²) in [7, 11) is 4.01. The molecule has 1 rings (SSSR count). The van der Waals surface area contributed by atoms with Crippen molar-refractivity contribution in [3.63, 3.8) is 0 Å². The minimum atomic E-state index is 0.515. The summed E-state index contributed by atoms with van der Waals surface area (Å²) in [5.41, 5.74) is 10.6. The first-order chi connectivity index (χ1) is 6.75. The van der Waals surface area contributed by atoms with Crippen LogP contribution >= 0.6 is 0 Å². The van der Waals surface area contributed by atoms with Crippen molar-refractivity contribution in [3.8, 4) is 0 Å². The fourth-order valence-electron chi connectivity index (χ4n) is 1.37. The first-order valence-electron chi connectivity index (χ1n) is 4.52. The van der Waals surface area contributed by atoms with Crippen molar-refractivity contribution >= 4 is 5.69 Å². The van der Waals surface area contributed by atoms with E-state index in [1.807, 2.05) is 26.2 Å². The third-order valence-electron chi connectivity index (χ3n) is 2.02. The van der Waals surface area contributed by atoms with Crippen molar-refractivity contribution in [1.82, 2.24) is 0 Å². The van der Waals surface area contributed by atoms with Gasteiger partial charge in [0.1, 0.15) is 0 Å². The molecule has 0 spiro atoms. The van der Waals surface area contributed by atoms with E-state index in [9.17, 15) is 0 Å². The summed E-state index contributed by atoms with van der Waals surface area (Å²) >= 11 is 0. The highest BCUT2D eigenvalue weighted by Gasteiger charge is 2.01. The van der Waals surface area contributed by atoms with Crippen molar-refractivity contribution in [1.29, 1.82) is 0 Å². The number of para-hydroxylation sites is 1. The van der Waals surface area contributed by atoms with Gasteiger partial charge < -0.3 is 4.90 Å². The lowest BCUT2D eigenvalue weighted by molar-refractivity contribution is 0.944. The lowest BCUT2D eigenvalue weighted by atomic mass is 10.1. The molecular formula is C10H14N4. The normalized spacial score (nSPS) is 9.29. The SMILES string of the molecule is CN(C)c1ccccc1CCN=[N+]=[N-]. The number of benzene rings is 1. The Morgan fingerprint density at radius 2 is 2.07 bits per heavy atom. The Kier molecular flexibility index (Phi) is 3.83. The van der Waals surface area contributed by atoms with Gasteiger partial charge in [-0.2, -0.15) is 0 Å². The number of nitrogens with zero attached hydrogens (tertiary/aromatic N) is 4. The fourth-order valence-corrected chi connectivity index (χ4v) is 1.37. The highest BCUT2D eigenvalue weighted by molar-refractivity contribution is 5.52. The Balaban J connectivity index is 2.79. The van der Waals surface area contributed by atoms with E-state index in [1.165, 1.54) is 11.3 Å². The second kappa shape index (κ2) is 5.14. The quantitative estimate of drug-likeness (QED) is 0.409. The largest absolute Gasteiger partial charge is 0.377 e. The molecule has 0 aliphatic rings. The minimum absolute atomic E-state index is 0.515. The second-order valence-corrected chi connectivity index (χ2v) is 3.23. The Labute approximate surface area is 83.8 Å². The molecule has 0 saturated carbocycles. The van der Waals surface area contributed by atoms with Gasteiger partial charge in [0.05, 0.1) is 0 Å². The van der Waals surface area contributed by atoms with Crippen LogP contribution in [0.3, 0.4) is 0 Å². The van der Waals surface area contributed by atoms with Crippen molar-refractivity contribution in [2.75, 3.05) is 25.5 Å². The second-order valence-electron chi connectivity index (χ2n) is 3.23. The van der Waals surface area contributed by atoms with Gasteiger partial charge in [-0.15, -0.1) is 0 Å². The standard InChI is InChI=1S/C10H14N4/c1-14(2)10-6-4-3-5-9(10)7-8-12-13-11/h3-6H,7-8H2,1-2H3. The molecule has 0 saturated heterocycles. The molecule has 0 aliphatic carbocycles. The van der Waals surface area contributed by atoms with Crippen LogP contribution in [0.2, 0.25) is 0 Å². The van der Waals surface area contributed by atoms with Crippen LogP contribution in [0.4, 0.5) is 5.69 Å². The van der Waals surface area contributed by atoms with Crippen molar-refractivity contribution in [2.24, 2.45) is 5.11 Å².